The lowest BCUT2D eigenvalue weighted by Crippen LogP contribution is -2.04. The van der Waals surface area contributed by atoms with Crippen molar-refractivity contribution in [3.8, 4) is 45.5 Å². The molecule has 0 saturated carbocycles. The molecule has 0 bridgehead atoms. The molecule has 0 fully saturated rings. The average molecular weight is 627 g/mol. The smallest absolute Gasteiger partial charge is 0.160 e. The molecule has 1 aliphatic rings. The molecule has 4 heterocycles. The number of benzene rings is 7. The van der Waals surface area contributed by atoms with E-state index in [2.05, 4.69) is 143 Å². The van der Waals surface area contributed by atoms with Crippen LogP contribution in [0.1, 0.15) is 0 Å². The minimum Gasteiger partial charge on any atom is -0.453 e. The van der Waals surface area contributed by atoms with Gasteiger partial charge in [-0.3, -0.25) is 0 Å². The van der Waals surface area contributed by atoms with E-state index in [0.29, 0.717) is 5.82 Å². The Balaban J connectivity index is 1.20. The monoisotopic (exact) mass is 626 g/mol. The van der Waals surface area contributed by atoms with E-state index in [1.54, 1.807) is 0 Å². The Hall–Kier alpha value is -6.72. The van der Waals surface area contributed by atoms with Crippen LogP contribution in [0.4, 0.5) is 0 Å². The number of nitrogens with zero attached hydrogens (tertiary/aromatic N) is 4. The average Bonchev–Trinajstić information content (AvgIpc) is 3.69. The Morgan fingerprint density at radius 3 is 1.98 bits per heavy atom. The summed E-state index contributed by atoms with van der Waals surface area (Å²) in [5.41, 5.74) is 10.5. The number of hydrogen-bond donors (Lipinski definition) is 0. The topological polar surface area (TPSA) is 44.9 Å². The van der Waals surface area contributed by atoms with Crippen LogP contribution in [-0.4, -0.2) is 19.1 Å². The molecule has 49 heavy (non-hydrogen) atoms. The zero-order valence-electron chi connectivity index (χ0n) is 26.2. The van der Waals surface area contributed by atoms with Gasteiger partial charge in [0, 0.05) is 49.8 Å². The molecule has 0 atom stereocenters. The first kappa shape index (κ1) is 26.4. The van der Waals surface area contributed by atoms with Gasteiger partial charge in [0.15, 0.2) is 17.3 Å². The second-order valence-electron chi connectivity index (χ2n) is 12.6. The Morgan fingerprint density at radius 1 is 0.449 bits per heavy atom. The van der Waals surface area contributed by atoms with Crippen molar-refractivity contribution in [1.29, 1.82) is 0 Å². The van der Waals surface area contributed by atoms with Gasteiger partial charge in [-0.05, 0) is 42.5 Å². The van der Waals surface area contributed by atoms with Crippen molar-refractivity contribution < 1.29 is 4.74 Å². The van der Waals surface area contributed by atoms with E-state index >= 15 is 0 Å². The van der Waals surface area contributed by atoms with Crippen LogP contribution in [0.2, 0.25) is 0 Å². The molecule has 0 amide bonds. The fourth-order valence-corrected chi connectivity index (χ4v) is 7.84. The predicted molar refractivity (Wildman–Crippen MR) is 199 cm³/mol. The maximum atomic E-state index is 6.71. The molecular weight excluding hydrogens is 601 g/mol. The van der Waals surface area contributed by atoms with E-state index < -0.39 is 0 Å². The van der Waals surface area contributed by atoms with Crippen LogP contribution in [0.3, 0.4) is 0 Å². The van der Waals surface area contributed by atoms with Crippen LogP contribution in [0.25, 0.3) is 88.5 Å². The van der Waals surface area contributed by atoms with Crippen molar-refractivity contribution in [2.24, 2.45) is 0 Å². The molecule has 5 nitrogen and oxygen atoms in total. The van der Waals surface area contributed by atoms with Gasteiger partial charge in [-0.1, -0.05) is 109 Å². The van der Waals surface area contributed by atoms with E-state index in [-0.39, 0.29) is 0 Å². The van der Waals surface area contributed by atoms with Crippen molar-refractivity contribution in [2.45, 2.75) is 0 Å². The van der Waals surface area contributed by atoms with Crippen LogP contribution in [0, 0.1) is 0 Å². The van der Waals surface area contributed by atoms with Gasteiger partial charge in [0.05, 0.1) is 39.0 Å². The molecule has 1 aliphatic heterocycles. The minimum atomic E-state index is 0.695. The molecule has 0 radical (unpaired) electrons. The third kappa shape index (κ3) is 3.70. The molecule has 11 rings (SSSR count). The van der Waals surface area contributed by atoms with Gasteiger partial charge in [-0.25, -0.2) is 9.97 Å². The summed E-state index contributed by atoms with van der Waals surface area (Å²) in [6, 6.07) is 55.1. The SMILES string of the molecule is c1ccc(-c2nc(-c3cccc(-n4c5ccccc5c5c6c7ccccc7n7c6c(cc54)Oc4ccccc4-7)c3)nc3ccccc23)cc1. The normalized spacial score (nSPS) is 12.2. The van der Waals surface area contributed by atoms with Crippen LogP contribution in [0.15, 0.2) is 158 Å². The molecular formula is C44H26N4O. The second-order valence-corrected chi connectivity index (χ2v) is 12.6. The van der Waals surface area contributed by atoms with E-state index in [1.807, 2.05) is 24.3 Å². The maximum absolute atomic E-state index is 6.71. The van der Waals surface area contributed by atoms with Gasteiger partial charge in [0.1, 0.15) is 0 Å². The third-order valence-electron chi connectivity index (χ3n) is 9.88. The molecule has 0 unspecified atom stereocenters. The van der Waals surface area contributed by atoms with Crippen LogP contribution < -0.4 is 4.74 Å². The van der Waals surface area contributed by atoms with E-state index in [4.69, 9.17) is 14.7 Å². The predicted octanol–water partition coefficient (Wildman–Crippen LogP) is 11.3. The maximum Gasteiger partial charge on any atom is 0.160 e. The molecule has 3 aromatic heterocycles. The first-order chi connectivity index (χ1) is 24.3. The summed E-state index contributed by atoms with van der Waals surface area (Å²) in [7, 11) is 0. The van der Waals surface area contributed by atoms with E-state index in [0.717, 1.165) is 67.1 Å². The summed E-state index contributed by atoms with van der Waals surface area (Å²) in [4.78, 5) is 10.2. The Kier molecular flexibility index (Phi) is 5.32. The fraction of sp³-hybridized carbons (Fsp3) is 0. The summed E-state index contributed by atoms with van der Waals surface area (Å²) in [5, 5.41) is 5.86. The highest BCUT2D eigenvalue weighted by molar-refractivity contribution is 6.30. The zero-order valence-corrected chi connectivity index (χ0v) is 26.2. The highest BCUT2D eigenvalue weighted by Gasteiger charge is 2.28. The molecule has 228 valence electrons. The first-order valence-electron chi connectivity index (χ1n) is 16.5. The lowest BCUT2D eigenvalue weighted by molar-refractivity contribution is 0.477. The fourth-order valence-electron chi connectivity index (χ4n) is 7.84. The van der Waals surface area contributed by atoms with Crippen LogP contribution in [0.5, 0.6) is 11.5 Å². The van der Waals surface area contributed by atoms with Crippen LogP contribution >= 0.6 is 0 Å². The molecule has 10 aromatic rings. The summed E-state index contributed by atoms with van der Waals surface area (Å²) in [6.45, 7) is 0. The van der Waals surface area contributed by atoms with Crippen molar-refractivity contribution in [3.05, 3.63) is 158 Å². The third-order valence-corrected chi connectivity index (χ3v) is 9.88. The molecule has 0 spiro atoms. The summed E-state index contributed by atoms with van der Waals surface area (Å²) in [5.74, 6) is 2.40. The Labute approximate surface area is 280 Å². The lowest BCUT2D eigenvalue weighted by Gasteiger charge is -2.21. The summed E-state index contributed by atoms with van der Waals surface area (Å²) >= 11 is 0. The quantitative estimate of drug-likeness (QED) is 0.196. The first-order valence-corrected chi connectivity index (χ1v) is 16.5. The van der Waals surface area contributed by atoms with E-state index in [1.165, 1.54) is 27.1 Å². The standard InChI is InChI=1S/C44H26N4O/c1-2-13-27(14-3-1)42-30-17-4-7-20-33(30)45-44(46-42)28-15-12-16-29(25-28)47-34-21-8-5-18-31(34)40-37(47)26-39-43-41(40)32-19-6-9-22-35(32)48(43)36-23-10-11-24-38(36)49-39/h1-26H. The molecule has 0 aliphatic carbocycles. The van der Waals surface area contributed by atoms with Crippen molar-refractivity contribution in [1.82, 2.24) is 19.1 Å². The summed E-state index contributed by atoms with van der Waals surface area (Å²) in [6.07, 6.45) is 0. The Morgan fingerprint density at radius 2 is 1.12 bits per heavy atom. The number of ether oxygens (including phenoxy) is 1. The van der Waals surface area contributed by atoms with Crippen molar-refractivity contribution >= 4 is 54.5 Å². The summed E-state index contributed by atoms with van der Waals surface area (Å²) < 4.78 is 11.4. The van der Waals surface area contributed by atoms with Gasteiger partial charge in [-0.2, -0.15) is 0 Å². The minimum absolute atomic E-state index is 0.695. The number of rotatable bonds is 3. The highest BCUT2D eigenvalue weighted by atomic mass is 16.5. The number of para-hydroxylation sites is 5. The molecule has 0 N–H and O–H groups in total. The van der Waals surface area contributed by atoms with Crippen LogP contribution in [-0.2, 0) is 0 Å². The molecule has 5 heteroatoms. The number of hydrogen-bond acceptors (Lipinski definition) is 3. The second kappa shape index (κ2) is 9.89. The van der Waals surface area contributed by atoms with Gasteiger partial charge < -0.3 is 13.9 Å². The number of aromatic nitrogens is 4. The van der Waals surface area contributed by atoms with Gasteiger partial charge in [-0.15, -0.1) is 0 Å². The van der Waals surface area contributed by atoms with E-state index in [9.17, 15) is 0 Å². The molecule has 7 aromatic carbocycles. The zero-order chi connectivity index (χ0) is 32.1. The van der Waals surface area contributed by atoms with Gasteiger partial charge in [0.25, 0.3) is 0 Å². The van der Waals surface area contributed by atoms with Crippen molar-refractivity contribution in [3.63, 3.8) is 0 Å². The van der Waals surface area contributed by atoms with Crippen molar-refractivity contribution in [2.75, 3.05) is 0 Å². The largest absolute Gasteiger partial charge is 0.453 e. The van der Waals surface area contributed by atoms with Gasteiger partial charge >= 0.3 is 0 Å². The highest BCUT2D eigenvalue weighted by Crippen LogP contribution is 2.50. The lowest BCUT2D eigenvalue weighted by atomic mass is 10.0. The molecule has 0 saturated heterocycles. The Bertz CT molecular complexity index is 2970. The number of fused-ring (bicyclic) bond motifs is 10. The van der Waals surface area contributed by atoms with Gasteiger partial charge in [0.2, 0.25) is 0 Å².